The largest absolute Gasteiger partial charge is 0.453 e. The standard InChI is InChI=1S/C13H13F3N2O2S/c1-20-12(19)17-7-6-9-8-4-2-3-5-10(8)18-11(9)21-13(14,15)16/h2-5,18H,6-7H2,1H3,(H,17,19). The van der Waals surface area contributed by atoms with Gasteiger partial charge in [0.25, 0.3) is 0 Å². The number of amides is 1. The number of rotatable bonds is 4. The van der Waals surface area contributed by atoms with Crippen molar-refractivity contribution in [1.82, 2.24) is 10.3 Å². The first-order valence-corrected chi connectivity index (χ1v) is 6.89. The molecular formula is C13H13F3N2O2S. The van der Waals surface area contributed by atoms with Gasteiger partial charge in [0.1, 0.15) is 0 Å². The Kier molecular flexibility index (Phi) is 4.66. The number of alkyl halides is 3. The molecule has 0 unspecified atom stereocenters. The number of aromatic nitrogens is 1. The topological polar surface area (TPSA) is 54.1 Å². The number of alkyl carbamates (subject to hydrolysis) is 1. The minimum absolute atomic E-state index is 0.0513. The van der Waals surface area contributed by atoms with Crippen LogP contribution in [0.3, 0.4) is 0 Å². The Bertz CT molecular complexity index is 640. The molecule has 1 aromatic heterocycles. The number of nitrogens with one attached hydrogen (secondary N) is 2. The molecular weight excluding hydrogens is 305 g/mol. The average Bonchev–Trinajstić information content (AvgIpc) is 2.74. The van der Waals surface area contributed by atoms with Gasteiger partial charge in [0, 0.05) is 29.2 Å². The van der Waals surface area contributed by atoms with E-state index in [9.17, 15) is 18.0 Å². The Labute approximate surface area is 123 Å². The number of ether oxygens (including phenoxy) is 1. The summed E-state index contributed by atoms with van der Waals surface area (Å²) >= 11 is -0.182. The van der Waals surface area contributed by atoms with Gasteiger partial charge in [-0.15, -0.1) is 0 Å². The zero-order valence-corrected chi connectivity index (χ0v) is 11.9. The summed E-state index contributed by atoms with van der Waals surface area (Å²) < 4.78 is 42.2. The van der Waals surface area contributed by atoms with Crippen molar-refractivity contribution >= 4 is 28.8 Å². The molecule has 0 atom stereocenters. The molecule has 0 radical (unpaired) electrons. The van der Waals surface area contributed by atoms with Crippen molar-refractivity contribution in [1.29, 1.82) is 0 Å². The van der Waals surface area contributed by atoms with E-state index in [4.69, 9.17) is 0 Å². The van der Waals surface area contributed by atoms with Crippen LogP contribution >= 0.6 is 11.8 Å². The van der Waals surface area contributed by atoms with Crippen molar-refractivity contribution in [3.8, 4) is 0 Å². The van der Waals surface area contributed by atoms with Gasteiger partial charge in [-0.25, -0.2) is 4.79 Å². The molecule has 0 saturated heterocycles. The van der Waals surface area contributed by atoms with Crippen LogP contribution in [0.5, 0.6) is 0 Å². The lowest BCUT2D eigenvalue weighted by atomic mass is 10.1. The number of aromatic amines is 1. The maximum absolute atomic E-state index is 12.6. The van der Waals surface area contributed by atoms with Crippen LogP contribution in [-0.4, -0.2) is 30.2 Å². The number of thioether (sulfide) groups is 1. The second kappa shape index (κ2) is 6.30. The highest BCUT2D eigenvalue weighted by molar-refractivity contribution is 8.00. The average molecular weight is 318 g/mol. The van der Waals surface area contributed by atoms with Crippen molar-refractivity contribution < 1.29 is 22.7 Å². The quantitative estimate of drug-likeness (QED) is 0.846. The fraction of sp³-hybridized carbons (Fsp3) is 0.308. The van der Waals surface area contributed by atoms with Gasteiger partial charge in [-0.3, -0.25) is 0 Å². The molecule has 1 heterocycles. The molecule has 0 saturated carbocycles. The van der Waals surface area contributed by atoms with Gasteiger partial charge in [-0.1, -0.05) is 18.2 Å². The van der Waals surface area contributed by atoms with E-state index in [0.29, 0.717) is 11.1 Å². The first-order valence-electron chi connectivity index (χ1n) is 6.08. The van der Waals surface area contributed by atoms with Crippen molar-refractivity contribution in [3.05, 3.63) is 29.8 Å². The summed E-state index contributed by atoms with van der Waals surface area (Å²) in [5.74, 6) is 0. The number of benzene rings is 1. The zero-order valence-electron chi connectivity index (χ0n) is 11.1. The van der Waals surface area contributed by atoms with E-state index in [1.807, 2.05) is 0 Å². The van der Waals surface area contributed by atoms with Crippen LogP contribution in [0.2, 0.25) is 0 Å². The van der Waals surface area contributed by atoms with Crippen molar-refractivity contribution in [2.45, 2.75) is 17.0 Å². The van der Waals surface area contributed by atoms with Gasteiger partial charge >= 0.3 is 11.6 Å². The Morgan fingerprint density at radius 2 is 2.10 bits per heavy atom. The monoisotopic (exact) mass is 318 g/mol. The molecule has 1 amide bonds. The summed E-state index contributed by atoms with van der Waals surface area (Å²) in [5, 5.41) is 3.23. The molecule has 4 nitrogen and oxygen atoms in total. The number of para-hydroxylation sites is 1. The van der Waals surface area contributed by atoms with E-state index in [1.54, 1.807) is 24.3 Å². The molecule has 114 valence electrons. The van der Waals surface area contributed by atoms with Crippen molar-refractivity contribution in [2.75, 3.05) is 13.7 Å². The predicted octanol–water partition coefficient (Wildman–Crippen LogP) is 3.68. The second-order valence-electron chi connectivity index (χ2n) is 4.19. The highest BCUT2D eigenvalue weighted by Gasteiger charge is 2.31. The van der Waals surface area contributed by atoms with Crippen LogP contribution in [-0.2, 0) is 11.2 Å². The molecule has 0 spiro atoms. The number of H-pyrrole nitrogens is 1. The maximum Gasteiger partial charge on any atom is 0.447 e. The van der Waals surface area contributed by atoms with Gasteiger partial charge in [0.05, 0.1) is 12.1 Å². The Balaban J connectivity index is 2.25. The molecule has 2 aromatic rings. The minimum Gasteiger partial charge on any atom is -0.453 e. The lowest BCUT2D eigenvalue weighted by Crippen LogP contribution is -2.25. The van der Waals surface area contributed by atoms with Crippen LogP contribution in [0.1, 0.15) is 5.56 Å². The molecule has 0 fully saturated rings. The molecule has 0 aliphatic heterocycles. The smallest absolute Gasteiger partial charge is 0.447 e. The van der Waals surface area contributed by atoms with Crippen LogP contribution in [0.15, 0.2) is 29.3 Å². The van der Waals surface area contributed by atoms with Gasteiger partial charge < -0.3 is 15.0 Å². The van der Waals surface area contributed by atoms with Crippen molar-refractivity contribution in [3.63, 3.8) is 0 Å². The third-order valence-electron chi connectivity index (χ3n) is 2.82. The number of hydrogen-bond donors (Lipinski definition) is 2. The lowest BCUT2D eigenvalue weighted by Gasteiger charge is -2.08. The van der Waals surface area contributed by atoms with Crippen LogP contribution in [0, 0.1) is 0 Å². The third-order valence-corrected chi connectivity index (χ3v) is 3.61. The Morgan fingerprint density at radius 3 is 2.76 bits per heavy atom. The summed E-state index contributed by atoms with van der Waals surface area (Å²) in [6.07, 6.45) is -0.336. The molecule has 0 bridgehead atoms. The van der Waals surface area contributed by atoms with Crippen LogP contribution < -0.4 is 5.32 Å². The molecule has 2 rings (SSSR count). The summed E-state index contributed by atoms with van der Waals surface area (Å²) in [5.41, 5.74) is -3.20. The second-order valence-corrected chi connectivity index (χ2v) is 5.27. The highest BCUT2D eigenvalue weighted by Crippen LogP contribution is 2.40. The first kappa shape index (κ1) is 15.6. The summed E-state index contributed by atoms with van der Waals surface area (Å²) in [6, 6.07) is 6.97. The third kappa shape index (κ3) is 4.07. The van der Waals surface area contributed by atoms with Gasteiger partial charge in [-0.2, -0.15) is 13.2 Å². The van der Waals surface area contributed by atoms with E-state index < -0.39 is 11.6 Å². The molecule has 21 heavy (non-hydrogen) atoms. The Morgan fingerprint density at radius 1 is 1.38 bits per heavy atom. The molecule has 1 aromatic carbocycles. The number of methoxy groups -OCH3 is 1. The minimum atomic E-state index is -4.37. The number of hydrogen-bond acceptors (Lipinski definition) is 3. The summed E-state index contributed by atoms with van der Waals surface area (Å²) in [6.45, 7) is 0.194. The predicted molar refractivity (Wildman–Crippen MR) is 74.3 cm³/mol. The van der Waals surface area contributed by atoms with Crippen LogP contribution in [0.4, 0.5) is 18.0 Å². The highest BCUT2D eigenvalue weighted by atomic mass is 32.2. The molecule has 2 N–H and O–H groups in total. The van der Waals surface area contributed by atoms with E-state index in [-0.39, 0.29) is 29.8 Å². The van der Waals surface area contributed by atoms with E-state index in [0.717, 1.165) is 5.39 Å². The SMILES string of the molecule is COC(=O)NCCc1c(SC(F)(F)F)[nH]c2ccccc12. The number of halogens is 3. The molecule has 8 heteroatoms. The number of carbonyl (C=O) groups is 1. The first-order chi connectivity index (χ1) is 9.90. The maximum atomic E-state index is 12.6. The van der Waals surface area contributed by atoms with Gasteiger partial charge in [0.15, 0.2) is 0 Å². The molecule has 0 aliphatic carbocycles. The zero-order chi connectivity index (χ0) is 15.5. The van der Waals surface area contributed by atoms with Crippen molar-refractivity contribution in [2.24, 2.45) is 0 Å². The number of carbonyl (C=O) groups excluding carboxylic acids is 1. The van der Waals surface area contributed by atoms with Crippen LogP contribution in [0.25, 0.3) is 10.9 Å². The fourth-order valence-corrected chi connectivity index (χ4v) is 2.72. The normalized spacial score (nSPS) is 11.6. The Hall–Kier alpha value is -1.83. The van der Waals surface area contributed by atoms with Gasteiger partial charge in [0.2, 0.25) is 0 Å². The summed E-state index contributed by atoms with van der Waals surface area (Å²) in [7, 11) is 1.23. The van der Waals surface area contributed by atoms with E-state index >= 15 is 0 Å². The summed E-state index contributed by atoms with van der Waals surface area (Å²) in [4.78, 5) is 13.8. The van der Waals surface area contributed by atoms with E-state index in [1.165, 1.54) is 7.11 Å². The lowest BCUT2D eigenvalue weighted by molar-refractivity contribution is -0.0329. The fourth-order valence-electron chi connectivity index (χ4n) is 1.99. The van der Waals surface area contributed by atoms with E-state index in [2.05, 4.69) is 15.0 Å². The van der Waals surface area contributed by atoms with Gasteiger partial charge in [-0.05, 0) is 18.1 Å². The molecule has 0 aliphatic rings. The number of fused-ring (bicyclic) bond motifs is 1.